The van der Waals surface area contributed by atoms with Gasteiger partial charge in [-0.1, -0.05) is 0 Å². The molecule has 2 rings (SSSR count). The predicted molar refractivity (Wildman–Crippen MR) is 114 cm³/mol. The Hall–Kier alpha value is -2.93. The molecule has 0 spiro atoms. The molecule has 0 aliphatic carbocycles. The van der Waals surface area contributed by atoms with Crippen molar-refractivity contribution in [3.8, 4) is 0 Å². The number of aliphatic imine (C=N–C) groups is 1. The van der Waals surface area contributed by atoms with Crippen LogP contribution < -0.4 is 27.4 Å². The molecule has 0 aromatic heterocycles. The number of nitrogens with two attached hydrogens (primary N) is 2. The van der Waals surface area contributed by atoms with Crippen LogP contribution in [0.5, 0.6) is 0 Å². The van der Waals surface area contributed by atoms with Crippen LogP contribution in [0.1, 0.15) is 38.5 Å². The second kappa shape index (κ2) is 12.2. The fraction of sp³-hybridized carbons (Fsp3) is 0.737. The Bertz CT molecular complexity index is 721. The van der Waals surface area contributed by atoms with Gasteiger partial charge in [-0.2, -0.15) is 0 Å². The van der Waals surface area contributed by atoms with Gasteiger partial charge in [0.15, 0.2) is 5.96 Å². The number of likely N-dealkylation sites (tertiary alicyclic amines) is 1. The zero-order chi connectivity index (χ0) is 23.7. The molecule has 13 nitrogen and oxygen atoms in total. The van der Waals surface area contributed by atoms with E-state index in [0.717, 1.165) is 6.42 Å². The van der Waals surface area contributed by atoms with Crippen molar-refractivity contribution in [2.45, 2.75) is 62.7 Å². The van der Waals surface area contributed by atoms with Crippen molar-refractivity contribution in [3.63, 3.8) is 0 Å². The lowest BCUT2D eigenvalue weighted by molar-refractivity contribution is -0.145. The van der Waals surface area contributed by atoms with E-state index >= 15 is 0 Å². The summed E-state index contributed by atoms with van der Waals surface area (Å²) in [7, 11) is 0. The van der Waals surface area contributed by atoms with Crippen LogP contribution in [0.3, 0.4) is 0 Å². The van der Waals surface area contributed by atoms with Crippen molar-refractivity contribution in [3.05, 3.63) is 0 Å². The SMILES string of the molecule is NC(N)=NCCCC(NC(=O)C1CCCN1C(=O)C(CO)NC(=O)C1CCCN1)C(=O)O. The first kappa shape index (κ1) is 25.3. The Balaban J connectivity index is 1.96. The van der Waals surface area contributed by atoms with Crippen molar-refractivity contribution in [1.82, 2.24) is 20.9 Å². The van der Waals surface area contributed by atoms with Crippen LogP contribution in [0.25, 0.3) is 0 Å². The number of aliphatic hydroxyl groups excluding tert-OH is 1. The Morgan fingerprint density at radius 3 is 2.41 bits per heavy atom. The maximum Gasteiger partial charge on any atom is 0.326 e. The average molecular weight is 456 g/mol. The molecule has 0 radical (unpaired) electrons. The third-order valence-corrected chi connectivity index (χ3v) is 5.57. The first-order valence-corrected chi connectivity index (χ1v) is 10.8. The molecule has 0 saturated carbocycles. The maximum absolute atomic E-state index is 12.9. The van der Waals surface area contributed by atoms with Gasteiger partial charge in [-0.25, -0.2) is 4.79 Å². The summed E-state index contributed by atoms with van der Waals surface area (Å²) in [5, 5.41) is 27.1. The zero-order valence-electron chi connectivity index (χ0n) is 18.0. The van der Waals surface area contributed by atoms with Gasteiger partial charge in [-0.3, -0.25) is 19.4 Å². The van der Waals surface area contributed by atoms with Gasteiger partial charge in [0.25, 0.3) is 0 Å². The molecule has 13 heteroatoms. The van der Waals surface area contributed by atoms with Gasteiger partial charge in [0, 0.05) is 13.1 Å². The van der Waals surface area contributed by atoms with Crippen LogP contribution in [-0.4, -0.2) is 95.2 Å². The highest BCUT2D eigenvalue weighted by molar-refractivity contribution is 5.94. The molecule has 2 heterocycles. The molecule has 180 valence electrons. The summed E-state index contributed by atoms with van der Waals surface area (Å²) in [5.41, 5.74) is 10.5. The highest BCUT2D eigenvalue weighted by Crippen LogP contribution is 2.19. The molecule has 9 N–H and O–H groups in total. The van der Waals surface area contributed by atoms with Crippen molar-refractivity contribution in [2.75, 3.05) is 26.2 Å². The summed E-state index contributed by atoms with van der Waals surface area (Å²) in [6, 6.07) is -3.62. The third kappa shape index (κ3) is 7.05. The molecular formula is C19H33N7O6. The Morgan fingerprint density at radius 1 is 1.09 bits per heavy atom. The number of carboxylic acids is 1. The number of hydrogen-bond acceptors (Lipinski definition) is 7. The van der Waals surface area contributed by atoms with Crippen molar-refractivity contribution >= 4 is 29.7 Å². The molecule has 2 saturated heterocycles. The normalized spacial score (nSPS) is 22.1. The smallest absolute Gasteiger partial charge is 0.326 e. The topological polar surface area (TPSA) is 212 Å². The lowest BCUT2D eigenvalue weighted by Crippen LogP contribution is -2.57. The zero-order valence-corrected chi connectivity index (χ0v) is 18.0. The minimum Gasteiger partial charge on any atom is -0.480 e. The highest BCUT2D eigenvalue weighted by atomic mass is 16.4. The molecule has 2 aliphatic rings. The van der Waals surface area contributed by atoms with Crippen molar-refractivity contribution < 1.29 is 29.4 Å². The number of nitrogens with one attached hydrogen (secondary N) is 3. The summed E-state index contributed by atoms with van der Waals surface area (Å²) in [4.78, 5) is 54.6. The number of aliphatic hydroxyl groups is 1. The van der Waals surface area contributed by atoms with Crippen LogP contribution in [0.15, 0.2) is 4.99 Å². The first-order chi connectivity index (χ1) is 15.2. The summed E-state index contributed by atoms with van der Waals surface area (Å²) in [6.45, 7) is 0.600. The first-order valence-electron chi connectivity index (χ1n) is 10.8. The van der Waals surface area contributed by atoms with E-state index in [2.05, 4.69) is 20.9 Å². The van der Waals surface area contributed by atoms with Crippen molar-refractivity contribution in [2.24, 2.45) is 16.5 Å². The number of nitrogens with zero attached hydrogens (tertiary/aromatic N) is 2. The number of guanidine groups is 1. The number of carbonyl (C=O) groups excluding carboxylic acids is 3. The van der Waals surface area contributed by atoms with E-state index in [1.165, 1.54) is 4.90 Å². The average Bonchev–Trinajstić information content (AvgIpc) is 3.45. The number of carboxylic acid groups (broad SMARTS) is 1. The van der Waals surface area contributed by atoms with E-state index in [1.54, 1.807) is 0 Å². The number of aliphatic carboxylic acids is 1. The van der Waals surface area contributed by atoms with E-state index < -0.39 is 48.6 Å². The van der Waals surface area contributed by atoms with Crippen LogP contribution in [0, 0.1) is 0 Å². The van der Waals surface area contributed by atoms with E-state index in [0.29, 0.717) is 32.2 Å². The van der Waals surface area contributed by atoms with Gasteiger partial charge in [0.2, 0.25) is 17.7 Å². The number of amides is 3. The minimum absolute atomic E-state index is 0.102. The molecule has 32 heavy (non-hydrogen) atoms. The van der Waals surface area contributed by atoms with E-state index in [-0.39, 0.29) is 31.4 Å². The van der Waals surface area contributed by atoms with E-state index in [1.807, 2.05) is 0 Å². The largest absolute Gasteiger partial charge is 0.480 e. The van der Waals surface area contributed by atoms with Gasteiger partial charge < -0.3 is 42.5 Å². The van der Waals surface area contributed by atoms with Gasteiger partial charge in [-0.15, -0.1) is 0 Å². The lowest BCUT2D eigenvalue weighted by atomic mass is 10.1. The van der Waals surface area contributed by atoms with Crippen LogP contribution in [0.2, 0.25) is 0 Å². The summed E-state index contributed by atoms with van der Waals surface area (Å²) < 4.78 is 0. The molecule has 2 aliphatic heterocycles. The third-order valence-electron chi connectivity index (χ3n) is 5.57. The molecule has 0 bridgehead atoms. The molecule has 2 fully saturated rings. The summed E-state index contributed by atoms with van der Waals surface area (Å²) >= 11 is 0. The van der Waals surface area contributed by atoms with Crippen LogP contribution >= 0.6 is 0 Å². The predicted octanol–water partition coefficient (Wildman–Crippen LogP) is -3.17. The van der Waals surface area contributed by atoms with Gasteiger partial charge >= 0.3 is 5.97 Å². The number of carbonyl (C=O) groups is 4. The molecule has 0 aromatic carbocycles. The van der Waals surface area contributed by atoms with Gasteiger partial charge in [-0.05, 0) is 45.1 Å². The van der Waals surface area contributed by atoms with E-state index in [9.17, 15) is 29.4 Å². The minimum atomic E-state index is -1.21. The van der Waals surface area contributed by atoms with E-state index in [4.69, 9.17) is 11.5 Å². The number of hydrogen-bond donors (Lipinski definition) is 7. The molecule has 0 aromatic rings. The lowest BCUT2D eigenvalue weighted by Gasteiger charge is -2.29. The molecule has 3 amide bonds. The Morgan fingerprint density at radius 2 is 1.81 bits per heavy atom. The molecule has 4 atom stereocenters. The molecule has 4 unspecified atom stereocenters. The fourth-order valence-corrected chi connectivity index (χ4v) is 3.90. The van der Waals surface area contributed by atoms with Crippen molar-refractivity contribution in [1.29, 1.82) is 0 Å². The van der Waals surface area contributed by atoms with Gasteiger partial charge in [0.05, 0.1) is 12.6 Å². The number of rotatable bonds is 11. The van der Waals surface area contributed by atoms with Crippen LogP contribution in [0.4, 0.5) is 0 Å². The summed E-state index contributed by atoms with van der Waals surface area (Å²) in [6.07, 6.45) is 2.85. The maximum atomic E-state index is 12.9. The monoisotopic (exact) mass is 455 g/mol. The fourth-order valence-electron chi connectivity index (χ4n) is 3.90. The van der Waals surface area contributed by atoms with Crippen LogP contribution in [-0.2, 0) is 19.2 Å². The molecular weight excluding hydrogens is 422 g/mol. The standard InChI is InChI=1S/C19H33N7O6/c20-19(21)23-8-2-5-12(18(31)32)24-16(29)14-6-3-9-26(14)17(30)13(10-27)25-15(28)11-4-1-7-22-11/h11-14,22,27H,1-10H2,(H,24,29)(H,25,28)(H,31,32)(H4,20,21,23). The Labute approximate surface area is 186 Å². The summed E-state index contributed by atoms with van der Waals surface area (Å²) in [5.74, 6) is -2.85. The van der Waals surface area contributed by atoms with Gasteiger partial charge in [0.1, 0.15) is 18.1 Å². The second-order valence-electron chi connectivity index (χ2n) is 7.93. The second-order valence-corrected chi connectivity index (χ2v) is 7.93. The quantitative estimate of drug-likeness (QED) is 0.0949. The Kier molecular flexibility index (Phi) is 9.65. The highest BCUT2D eigenvalue weighted by Gasteiger charge is 2.39.